The number of unbranched alkanes of at least 4 members (excludes halogenated alkanes) is 1. The van der Waals surface area contributed by atoms with E-state index in [1.165, 1.54) is 5.01 Å². The van der Waals surface area contributed by atoms with E-state index in [0.29, 0.717) is 12.3 Å². The van der Waals surface area contributed by atoms with Gasteiger partial charge in [0.1, 0.15) is 11.8 Å². The maximum absolute atomic E-state index is 13.4. The number of carbonyl (C=O) groups excluding carboxylic acids is 3. The number of ether oxygens (including phenoxy) is 1. The molecule has 0 aromatic heterocycles. The Morgan fingerprint density at radius 3 is 2.38 bits per heavy atom. The highest BCUT2D eigenvalue weighted by molar-refractivity contribution is 6.06. The maximum atomic E-state index is 13.4. The smallest absolute Gasteiger partial charge is 0.261 e. The van der Waals surface area contributed by atoms with Crippen molar-refractivity contribution < 1.29 is 19.1 Å². The van der Waals surface area contributed by atoms with Crippen LogP contribution in [0, 0.1) is 0 Å². The Kier molecular flexibility index (Phi) is 8.23. The predicted molar refractivity (Wildman–Crippen MR) is 144 cm³/mol. The van der Waals surface area contributed by atoms with Gasteiger partial charge >= 0.3 is 0 Å². The number of carbonyl (C=O) groups is 3. The number of fused-ring (bicyclic) bond motifs is 3. The monoisotopic (exact) mass is 499 g/mol. The minimum Gasteiger partial charge on any atom is -0.494 e. The van der Waals surface area contributed by atoms with Gasteiger partial charge in [-0.05, 0) is 55.2 Å². The third kappa shape index (κ3) is 6.00. The fourth-order valence-corrected chi connectivity index (χ4v) is 4.37. The highest BCUT2D eigenvalue weighted by Gasteiger charge is 2.33. The van der Waals surface area contributed by atoms with Gasteiger partial charge < -0.3 is 10.1 Å². The first kappa shape index (κ1) is 25.9. The van der Waals surface area contributed by atoms with Crippen LogP contribution in [-0.2, 0) is 20.8 Å². The molecule has 0 aliphatic carbocycles. The molecular weight excluding hydrogens is 466 g/mol. The maximum Gasteiger partial charge on any atom is 0.261 e. The molecule has 1 heterocycles. The highest BCUT2D eigenvalue weighted by Crippen LogP contribution is 2.39. The lowest BCUT2D eigenvalue weighted by Crippen LogP contribution is -2.54. The van der Waals surface area contributed by atoms with Gasteiger partial charge in [-0.15, -0.1) is 0 Å². The summed E-state index contributed by atoms with van der Waals surface area (Å²) in [7, 11) is 0. The average molecular weight is 500 g/mol. The molecule has 0 fully saturated rings. The van der Waals surface area contributed by atoms with Crippen LogP contribution in [0.3, 0.4) is 0 Å². The predicted octanol–water partition coefficient (Wildman–Crippen LogP) is 4.76. The minimum absolute atomic E-state index is 0.130. The molecule has 1 aliphatic heterocycles. The molecule has 0 saturated carbocycles. The van der Waals surface area contributed by atoms with Gasteiger partial charge in [-0.2, -0.15) is 0 Å². The summed E-state index contributed by atoms with van der Waals surface area (Å²) in [5, 5.41) is 4.04. The number of amides is 3. The number of para-hydroxylation sites is 1. The molecule has 2 atom stereocenters. The van der Waals surface area contributed by atoms with Crippen molar-refractivity contribution in [2.45, 2.75) is 52.0 Å². The lowest BCUT2D eigenvalue weighted by Gasteiger charge is -2.27. The Bertz CT molecular complexity index is 1270. The number of anilines is 1. The van der Waals surface area contributed by atoms with Crippen LogP contribution in [-0.4, -0.2) is 30.4 Å². The normalized spacial score (nSPS) is 15.2. The van der Waals surface area contributed by atoms with Gasteiger partial charge in [-0.1, -0.05) is 67.9 Å². The summed E-state index contributed by atoms with van der Waals surface area (Å²) in [5.41, 5.74) is 6.87. The molecule has 7 heteroatoms. The molecule has 3 aromatic rings. The summed E-state index contributed by atoms with van der Waals surface area (Å²) >= 11 is 0. The third-order valence-corrected chi connectivity index (χ3v) is 6.50. The van der Waals surface area contributed by atoms with E-state index in [0.717, 1.165) is 40.8 Å². The number of rotatable bonds is 9. The lowest BCUT2D eigenvalue weighted by atomic mass is 9.92. The third-order valence-electron chi connectivity index (χ3n) is 6.50. The molecular formula is C30H33N3O4. The second-order valence-electron chi connectivity index (χ2n) is 9.29. The molecule has 7 nitrogen and oxygen atoms in total. The summed E-state index contributed by atoms with van der Waals surface area (Å²) in [6.45, 7) is 6.20. The molecule has 4 rings (SSSR count). The largest absolute Gasteiger partial charge is 0.494 e. The zero-order valence-electron chi connectivity index (χ0n) is 21.5. The second kappa shape index (κ2) is 11.7. The Hall–Kier alpha value is -4.13. The first-order valence-electron chi connectivity index (χ1n) is 12.7. The molecule has 1 aliphatic rings. The van der Waals surface area contributed by atoms with Crippen LogP contribution in [0.2, 0.25) is 0 Å². The minimum atomic E-state index is -0.843. The van der Waals surface area contributed by atoms with Crippen LogP contribution in [0.25, 0.3) is 11.1 Å². The van der Waals surface area contributed by atoms with E-state index < -0.39 is 17.9 Å². The van der Waals surface area contributed by atoms with Gasteiger partial charge in [-0.3, -0.25) is 19.8 Å². The lowest BCUT2D eigenvalue weighted by molar-refractivity contribution is -0.130. The number of hydrogen-bond donors (Lipinski definition) is 2. The fourth-order valence-electron chi connectivity index (χ4n) is 4.37. The fraction of sp³-hybridized carbons (Fsp3) is 0.300. The Morgan fingerprint density at radius 2 is 1.65 bits per heavy atom. The SMILES string of the molecule is CCCCOc1ccc(CC(=O)N[C@@H](C)C(=O)NN2C(=O)[C@@H](C)c3ccccc3-c3ccccc32)cc1. The molecule has 192 valence electrons. The van der Waals surface area contributed by atoms with Gasteiger partial charge in [0.05, 0.1) is 24.6 Å². The number of benzene rings is 3. The molecule has 3 amide bonds. The number of hydrazine groups is 1. The van der Waals surface area contributed by atoms with Crippen LogP contribution in [0.1, 0.15) is 50.7 Å². The van der Waals surface area contributed by atoms with Gasteiger partial charge in [0.25, 0.3) is 11.8 Å². The first-order valence-corrected chi connectivity index (χ1v) is 12.7. The number of nitrogens with one attached hydrogen (secondary N) is 2. The van der Waals surface area contributed by atoms with Crippen molar-refractivity contribution in [2.24, 2.45) is 0 Å². The van der Waals surface area contributed by atoms with E-state index in [1.54, 1.807) is 13.0 Å². The van der Waals surface area contributed by atoms with Crippen LogP contribution >= 0.6 is 0 Å². The Balaban J connectivity index is 1.41. The molecule has 0 unspecified atom stereocenters. The van der Waals surface area contributed by atoms with Gasteiger partial charge in [0.15, 0.2) is 0 Å². The summed E-state index contributed by atoms with van der Waals surface area (Å²) in [4.78, 5) is 39.1. The quantitative estimate of drug-likeness (QED) is 0.416. The topological polar surface area (TPSA) is 87.7 Å². The molecule has 0 radical (unpaired) electrons. The summed E-state index contributed by atoms with van der Waals surface area (Å²) in [6, 6.07) is 21.8. The summed E-state index contributed by atoms with van der Waals surface area (Å²) in [5.74, 6) is -0.697. The van der Waals surface area contributed by atoms with Crippen molar-refractivity contribution in [2.75, 3.05) is 11.6 Å². The molecule has 0 bridgehead atoms. The van der Waals surface area contributed by atoms with Gasteiger partial charge in [-0.25, -0.2) is 5.01 Å². The molecule has 3 aromatic carbocycles. The molecule has 2 N–H and O–H groups in total. The Labute approximate surface area is 217 Å². The van der Waals surface area contributed by atoms with Crippen molar-refractivity contribution in [3.63, 3.8) is 0 Å². The zero-order valence-corrected chi connectivity index (χ0v) is 21.5. The van der Waals surface area contributed by atoms with Gasteiger partial charge in [0.2, 0.25) is 5.91 Å². The summed E-state index contributed by atoms with van der Waals surface area (Å²) < 4.78 is 5.66. The Morgan fingerprint density at radius 1 is 0.973 bits per heavy atom. The van der Waals surface area contributed by atoms with E-state index >= 15 is 0 Å². The molecule has 0 spiro atoms. The van der Waals surface area contributed by atoms with Crippen molar-refractivity contribution in [3.05, 3.63) is 83.9 Å². The van der Waals surface area contributed by atoms with Crippen molar-refractivity contribution in [1.29, 1.82) is 0 Å². The molecule has 37 heavy (non-hydrogen) atoms. The van der Waals surface area contributed by atoms with Crippen LogP contribution in [0.4, 0.5) is 5.69 Å². The molecule has 0 saturated heterocycles. The van der Waals surface area contributed by atoms with E-state index in [4.69, 9.17) is 4.74 Å². The average Bonchev–Trinajstić information content (AvgIpc) is 2.99. The van der Waals surface area contributed by atoms with Crippen molar-refractivity contribution in [3.8, 4) is 16.9 Å². The second-order valence-corrected chi connectivity index (χ2v) is 9.29. The number of nitrogens with zero attached hydrogens (tertiary/aromatic N) is 1. The standard InChI is InChI=1S/C30H33N3O4/c1-4-5-18-37-23-16-14-22(15-17-23)19-28(34)31-21(3)29(35)32-33-27-13-9-8-12-26(27)25-11-7-6-10-24(25)20(2)30(33)36/h6-17,20-21H,4-5,18-19H2,1-3H3,(H,31,34)(H,32,35)/t20-,21-/m0/s1. The summed E-state index contributed by atoms with van der Waals surface area (Å²) in [6.07, 6.45) is 2.18. The highest BCUT2D eigenvalue weighted by atomic mass is 16.5. The number of hydrogen-bond acceptors (Lipinski definition) is 4. The van der Waals surface area contributed by atoms with Crippen molar-refractivity contribution >= 4 is 23.4 Å². The van der Waals surface area contributed by atoms with Crippen LogP contribution < -0.4 is 20.5 Å². The van der Waals surface area contributed by atoms with E-state index in [1.807, 2.05) is 73.7 Å². The van der Waals surface area contributed by atoms with Crippen LogP contribution in [0.15, 0.2) is 72.8 Å². The zero-order chi connectivity index (χ0) is 26.4. The van der Waals surface area contributed by atoms with E-state index in [-0.39, 0.29) is 18.2 Å². The van der Waals surface area contributed by atoms with Gasteiger partial charge in [0, 0.05) is 5.56 Å². The van der Waals surface area contributed by atoms with E-state index in [9.17, 15) is 14.4 Å². The van der Waals surface area contributed by atoms with E-state index in [2.05, 4.69) is 17.7 Å². The first-order chi connectivity index (χ1) is 17.9. The van der Waals surface area contributed by atoms with Crippen molar-refractivity contribution in [1.82, 2.24) is 10.7 Å². The van der Waals surface area contributed by atoms with Crippen LogP contribution in [0.5, 0.6) is 5.75 Å².